The van der Waals surface area contributed by atoms with Crippen LogP contribution in [0.2, 0.25) is 0 Å². The quantitative estimate of drug-likeness (QED) is 0.450. The number of hydrogen-bond donors (Lipinski definition) is 4. The van der Waals surface area contributed by atoms with Crippen molar-refractivity contribution in [3.8, 4) is 0 Å². The van der Waals surface area contributed by atoms with Gasteiger partial charge >= 0.3 is 0 Å². The number of nitrogen functional groups attached to an aromatic ring is 2. The first-order valence-corrected chi connectivity index (χ1v) is 4.55. The second-order valence-corrected chi connectivity index (χ2v) is 2.80. The highest BCUT2D eigenvalue weighted by Crippen LogP contribution is 2.08. The highest BCUT2D eigenvalue weighted by molar-refractivity contribution is 5.48. The van der Waals surface area contributed by atoms with Gasteiger partial charge in [-0.1, -0.05) is 0 Å². The molecule has 1 aromatic rings. The Labute approximate surface area is 87.5 Å². The van der Waals surface area contributed by atoms with Gasteiger partial charge in [0.25, 0.3) is 0 Å². The summed E-state index contributed by atoms with van der Waals surface area (Å²) in [4.78, 5) is 7.65. The Hall–Kier alpha value is -1.60. The second-order valence-electron chi connectivity index (χ2n) is 2.80. The third-order valence-corrected chi connectivity index (χ3v) is 1.55. The number of nitrogens with zero attached hydrogens (tertiary/aromatic N) is 2. The van der Waals surface area contributed by atoms with E-state index in [2.05, 4.69) is 15.3 Å². The molecule has 0 amide bonds. The summed E-state index contributed by atoms with van der Waals surface area (Å²) >= 11 is 0. The molecular weight excluding hydrogens is 198 g/mol. The lowest BCUT2D eigenvalue weighted by atomic mass is 10.5. The first kappa shape index (κ1) is 11.5. The summed E-state index contributed by atoms with van der Waals surface area (Å²) in [5, 5.41) is 11.4. The lowest BCUT2D eigenvalue weighted by molar-refractivity contribution is 0.0992. The van der Waals surface area contributed by atoms with Gasteiger partial charge in [0.05, 0.1) is 19.8 Å². The molecule has 0 aliphatic heterocycles. The van der Waals surface area contributed by atoms with Gasteiger partial charge < -0.3 is 26.6 Å². The first-order valence-electron chi connectivity index (χ1n) is 4.55. The third-order valence-electron chi connectivity index (χ3n) is 1.55. The van der Waals surface area contributed by atoms with E-state index in [1.54, 1.807) is 6.07 Å². The Bertz CT molecular complexity index is 287. The molecule has 7 heteroatoms. The van der Waals surface area contributed by atoms with Crippen LogP contribution in [0.1, 0.15) is 0 Å². The average Bonchev–Trinajstić information content (AvgIpc) is 2.16. The highest BCUT2D eigenvalue weighted by atomic mass is 16.5. The zero-order valence-corrected chi connectivity index (χ0v) is 8.31. The molecule has 0 unspecified atom stereocenters. The maximum absolute atomic E-state index is 8.46. The molecule has 0 aliphatic carbocycles. The van der Waals surface area contributed by atoms with E-state index in [1.807, 2.05) is 0 Å². The van der Waals surface area contributed by atoms with E-state index >= 15 is 0 Å². The molecule has 0 spiro atoms. The highest BCUT2D eigenvalue weighted by Gasteiger charge is 1.98. The van der Waals surface area contributed by atoms with Crippen LogP contribution in [0.4, 0.5) is 17.6 Å². The van der Waals surface area contributed by atoms with Crippen molar-refractivity contribution in [3.63, 3.8) is 0 Å². The van der Waals surface area contributed by atoms with Gasteiger partial charge in [0, 0.05) is 12.6 Å². The summed E-state index contributed by atoms with van der Waals surface area (Å²) in [6.45, 7) is 1.39. The van der Waals surface area contributed by atoms with Crippen molar-refractivity contribution < 1.29 is 9.84 Å². The summed E-state index contributed by atoms with van der Waals surface area (Å²) in [7, 11) is 0. The predicted octanol–water partition coefficient (Wildman–Crippen LogP) is -0.938. The summed E-state index contributed by atoms with van der Waals surface area (Å²) in [5.74, 6) is 1.02. The van der Waals surface area contributed by atoms with Crippen molar-refractivity contribution in [1.82, 2.24) is 9.97 Å². The van der Waals surface area contributed by atoms with Crippen LogP contribution in [-0.2, 0) is 4.74 Å². The van der Waals surface area contributed by atoms with E-state index in [1.165, 1.54) is 0 Å². The van der Waals surface area contributed by atoms with Gasteiger partial charge in [-0.05, 0) is 0 Å². The second kappa shape index (κ2) is 5.99. The minimum atomic E-state index is 0.0212. The molecule has 0 radical (unpaired) electrons. The van der Waals surface area contributed by atoms with Crippen LogP contribution in [0.15, 0.2) is 6.07 Å². The van der Waals surface area contributed by atoms with Gasteiger partial charge in [-0.25, -0.2) is 0 Å². The Morgan fingerprint density at radius 2 is 2.13 bits per heavy atom. The number of nitrogens with two attached hydrogens (primary N) is 2. The molecule has 84 valence electrons. The lowest BCUT2D eigenvalue weighted by Crippen LogP contribution is -2.13. The molecule has 0 saturated carbocycles. The SMILES string of the molecule is Nc1cc(NCCOCCO)nc(N)n1. The van der Waals surface area contributed by atoms with Crippen molar-refractivity contribution in [2.75, 3.05) is 43.1 Å². The molecule has 0 fully saturated rings. The average molecular weight is 213 g/mol. The Morgan fingerprint density at radius 1 is 1.33 bits per heavy atom. The van der Waals surface area contributed by atoms with Gasteiger partial charge in [-0.15, -0.1) is 0 Å². The number of anilines is 3. The molecule has 15 heavy (non-hydrogen) atoms. The van der Waals surface area contributed by atoms with E-state index in [-0.39, 0.29) is 12.6 Å². The fraction of sp³-hybridized carbons (Fsp3) is 0.500. The lowest BCUT2D eigenvalue weighted by Gasteiger charge is -2.06. The number of nitrogens with one attached hydrogen (secondary N) is 1. The number of ether oxygens (including phenoxy) is 1. The van der Waals surface area contributed by atoms with E-state index in [0.29, 0.717) is 31.4 Å². The number of hydrogen-bond acceptors (Lipinski definition) is 7. The largest absolute Gasteiger partial charge is 0.394 e. The van der Waals surface area contributed by atoms with Gasteiger partial charge in [-0.2, -0.15) is 9.97 Å². The molecule has 7 nitrogen and oxygen atoms in total. The Morgan fingerprint density at radius 3 is 2.80 bits per heavy atom. The number of aliphatic hydroxyl groups excluding tert-OH is 1. The van der Waals surface area contributed by atoms with Crippen molar-refractivity contribution >= 4 is 17.6 Å². The molecule has 1 rings (SSSR count). The van der Waals surface area contributed by atoms with E-state index < -0.39 is 0 Å². The fourth-order valence-electron chi connectivity index (χ4n) is 0.994. The van der Waals surface area contributed by atoms with Crippen LogP contribution in [0.25, 0.3) is 0 Å². The molecule has 1 aromatic heterocycles. The molecule has 0 atom stereocenters. The molecule has 6 N–H and O–H groups in total. The molecule has 0 aromatic carbocycles. The topological polar surface area (TPSA) is 119 Å². The van der Waals surface area contributed by atoms with E-state index in [0.717, 1.165) is 0 Å². The van der Waals surface area contributed by atoms with Gasteiger partial charge in [0.1, 0.15) is 11.6 Å². The smallest absolute Gasteiger partial charge is 0.223 e. The van der Waals surface area contributed by atoms with Crippen LogP contribution in [0, 0.1) is 0 Å². The fourth-order valence-corrected chi connectivity index (χ4v) is 0.994. The van der Waals surface area contributed by atoms with Crippen molar-refractivity contribution in [2.45, 2.75) is 0 Å². The number of rotatable bonds is 6. The van der Waals surface area contributed by atoms with Crippen molar-refractivity contribution in [3.05, 3.63) is 6.07 Å². The maximum atomic E-state index is 8.46. The first-order chi connectivity index (χ1) is 7.22. The van der Waals surface area contributed by atoms with Crippen LogP contribution < -0.4 is 16.8 Å². The van der Waals surface area contributed by atoms with Gasteiger partial charge in [0.15, 0.2) is 0 Å². The molecule has 1 heterocycles. The van der Waals surface area contributed by atoms with Crippen LogP contribution >= 0.6 is 0 Å². The standard InChI is InChI=1S/C8H15N5O2/c9-6-5-7(13-8(10)12-6)11-1-3-15-4-2-14/h5,14H,1-4H2,(H5,9,10,11,12,13). The number of aliphatic hydroxyl groups is 1. The summed E-state index contributed by atoms with van der Waals surface area (Å²) in [6.07, 6.45) is 0. The van der Waals surface area contributed by atoms with Gasteiger partial charge in [-0.3, -0.25) is 0 Å². The van der Waals surface area contributed by atoms with E-state index in [9.17, 15) is 0 Å². The van der Waals surface area contributed by atoms with Crippen LogP contribution in [-0.4, -0.2) is 41.4 Å². The molecular formula is C8H15N5O2. The number of aromatic nitrogens is 2. The van der Waals surface area contributed by atoms with Crippen molar-refractivity contribution in [2.24, 2.45) is 0 Å². The molecule has 0 bridgehead atoms. The summed E-state index contributed by atoms with van der Waals surface area (Å²) in [5.41, 5.74) is 10.9. The summed E-state index contributed by atoms with van der Waals surface area (Å²) in [6, 6.07) is 1.59. The third kappa shape index (κ3) is 4.43. The predicted molar refractivity (Wildman–Crippen MR) is 57.3 cm³/mol. The molecule has 0 saturated heterocycles. The maximum Gasteiger partial charge on any atom is 0.223 e. The molecule has 0 aliphatic rings. The zero-order chi connectivity index (χ0) is 11.1. The van der Waals surface area contributed by atoms with Crippen LogP contribution in [0.3, 0.4) is 0 Å². The summed E-state index contributed by atoms with van der Waals surface area (Å²) < 4.78 is 5.05. The minimum absolute atomic E-state index is 0.0212. The minimum Gasteiger partial charge on any atom is -0.394 e. The van der Waals surface area contributed by atoms with E-state index in [4.69, 9.17) is 21.3 Å². The van der Waals surface area contributed by atoms with Crippen molar-refractivity contribution in [1.29, 1.82) is 0 Å². The zero-order valence-electron chi connectivity index (χ0n) is 8.31. The van der Waals surface area contributed by atoms with Crippen LogP contribution in [0.5, 0.6) is 0 Å². The Kier molecular flexibility index (Phi) is 4.58. The van der Waals surface area contributed by atoms with Gasteiger partial charge in [0.2, 0.25) is 5.95 Å². The monoisotopic (exact) mass is 213 g/mol. The Balaban J connectivity index is 2.31. The normalized spacial score (nSPS) is 10.2.